The first-order chi connectivity index (χ1) is 11.0. The summed E-state index contributed by atoms with van der Waals surface area (Å²) in [6.07, 6.45) is 9.70. The Morgan fingerprint density at radius 2 is 2.04 bits per heavy atom. The number of hydrogen-bond acceptors (Lipinski definition) is 3. The molecule has 1 N–H and O–H groups in total. The highest BCUT2D eigenvalue weighted by atomic mass is 16.5. The van der Waals surface area contributed by atoms with E-state index in [4.69, 9.17) is 4.74 Å². The number of nitriles is 1. The first-order valence-electron chi connectivity index (χ1n) is 9.15. The summed E-state index contributed by atoms with van der Waals surface area (Å²) < 4.78 is 6.11. The molecule has 0 bridgehead atoms. The zero-order valence-corrected chi connectivity index (χ0v) is 14.3. The van der Waals surface area contributed by atoms with E-state index in [-0.39, 0.29) is 17.7 Å². The van der Waals surface area contributed by atoms with Gasteiger partial charge in [-0.2, -0.15) is 5.26 Å². The van der Waals surface area contributed by atoms with E-state index in [1.54, 1.807) is 0 Å². The van der Waals surface area contributed by atoms with E-state index in [0.29, 0.717) is 6.54 Å². The Bertz CT molecular complexity index is 476. The number of carbonyl (C=O) groups excluding carboxylic acids is 1. The van der Waals surface area contributed by atoms with E-state index in [2.05, 4.69) is 11.4 Å². The van der Waals surface area contributed by atoms with Crippen LogP contribution in [0.3, 0.4) is 0 Å². The number of amides is 2. The molecule has 128 valence electrons. The molecule has 0 aromatic carbocycles. The number of nitrogens with zero attached hydrogens (tertiary/aromatic N) is 2. The van der Waals surface area contributed by atoms with Crippen molar-refractivity contribution in [1.82, 2.24) is 10.2 Å². The lowest BCUT2D eigenvalue weighted by molar-refractivity contribution is -0.108. The minimum absolute atomic E-state index is 0.00374. The van der Waals surface area contributed by atoms with Gasteiger partial charge in [-0.3, -0.25) is 0 Å². The van der Waals surface area contributed by atoms with Crippen LogP contribution in [0.15, 0.2) is 0 Å². The fraction of sp³-hybridized carbons (Fsp3) is 0.889. The van der Waals surface area contributed by atoms with Crippen molar-refractivity contribution in [3.8, 4) is 6.07 Å². The second-order valence-corrected chi connectivity index (χ2v) is 7.93. The molecule has 3 aliphatic rings. The summed E-state index contributed by atoms with van der Waals surface area (Å²) in [6, 6.07) is 2.59. The fourth-order valence-corrected chi connectivity index (χ4v) is 4.47. The SMILES string of the molecule is CC1(C#N)CCCN(C(=O)NC2CCOC3(CCCCC3)C2)C1. The van der Waals surface area contributed by atoms with E-state index < -0.39 is 5.41 Å². The molecule has 1 saturated carbocycles. The number of likely N-dealkylation sites (tertiary alicyclic amines) is 1. The number of nitrogens with one attached hydrogen (secondary N) is 1. The summed E-state index contributed by atoms with van der Waals surface area (Å²) in [5.74, 6) is 0. The van der Waals surface area contributed by atoms with Crippen LogP contribution in [0.5, 0.6) is 0 Å². The summed E-state index contributed by atoms with van der Waals surface area (Å²) >= 11 is 0. The summed E-state index contributed by atoms with van der Waals surface area (Å²) in [6.45, 7) is 4.01. The topological polar surface area (TPSA) is 65.4 Å². The monoisotopic (exact) mass is 319 g/mol. The molecular formula is C18H29N3O2. The maximum absolute atomic E-state index is 12.6. The predicted molar refractivity (Wildman–Crippen MR) is 87.8 cm³/mol. The van der Waals surface area contributed by atoms with Gasteiger partial charge in [0.1, 0.15) is 0 Å². The second kappa shape index (κ2) is 6.68. The Morgan fingerprint density at radius 1 is 1.26 bits per heavy atom. The highest BCUT2D eigenvalue weighted by Gasteiger charge is 2.40. The van der Waals surface area contributed by atoms with Crippen LogP contribution in [0.4, 0.5) is 4.79 Å². The molecule has 2 heterocycles. The Kier molecular flexibility index (Phi) is 4.82. The van der Waals surface area contributed by atoms with Gasteiger partial charge in [0.2, 0.25) is 0 Å². The average molecular weight is 319 g/mol. The summed E-state index contributed by atoms with van der Waals surface area (Å²) in [5, 5.41) is 12.5. The molecule has 5 nitrogen and oxygen atoms in total. The molecule has 3 fully saturated rings. The van der Waals surface area contributed by atoms with Crippen molar-refractivity contribution in [1.29, 1.82) is 5.26 Å². The van der Waals surface area contributed by atoms with Crippen LogP contribution >= 0.6 is 0 Å². The van der Waals surface area contributed by atoms with E-state index in [9.17, 15) is 10.1 Å². The number of hydrogen-bond donors (Lipinski definition) is 1. The van der Waals surface area contributed by atoms with Crippen molar-refractivity contribution in [2.75, 3.05) is 19.7 Å². The van der Waals surface area contributed by atoms with E-state index in [1.165, 1.54) is 19.3 Å². The Morgan fingerprint density at radius 3 is 2.78 bits per heavy atom. The summed E-state index contributed by atoms with van der Waals surface area (Å²) in [4.78, 5) is 14.4. The van der Waals surface area contributed by atoms with Gasteiger partial charge >= 0.3 is 6.03 Å². The number of carbonyl (C=O) groups is 1. The lowest BCUT2D eigenvalue weighted by Gasteiger charge is -2.44. The van der Waals surface area contributed by atoms with Gasteiger partial charge in [-0.1, -0.05) is 19.3 Å². The van der Waals surface area contributed by atoms with Gasteiger partial charge in [-0.25, -0.2) is 4.79 Å². The first-order valence-corrected chi connectivity index (χ1v) is 9.15. The Hall–Kier alpha value is -1.28. The number of urea groups is 1. The number of piperidine rings is 1. The van der Waals surface area contributed by atoms with Gasteiger partial charge in [0.25, 0.3) is 0 Å². The average Bonchev–Trinajstić information content (AvgIpc) is 2.56. The molecule has 3 rings (SSSR count). The lowest BCUT2D eigenvalue weighted by atomic mass is 9.78. The molecule has 2 aliphatic heterocycles. The predicted octanol–water partition coefficient (Wildman–Crippen LogP) is 3.20. The zero-order chi connectivity index (χ0) is 16.3. The molecule has 0 aromatic heterocycles. The van der Waals surface area contributed by atoms with Gasteiger partial charge in [0, 0.05) is 25.7 Å². The van der Waals surface area contributed by atoms with Crippen molar-refractivity contribution in [2.24, 2.45) is 5.41 Å². The van der Waals surface area contributed by atoms with Crippen LogP contribution in [-0.4, -0.2) is 42.3 Å². The largest absolute Gasteiger partial charge is 0.375 e. The minimum Gasteiger partial charge on any atom is -0.375 e. The molecule has 2 amide bonds. The quantitative estimate of drug-likeness (QED) is 0.807. The van der Waals surface area contributed by atoms with Crippen LogP contribution < -0.4 is 5.32 Å². The standard InChI is InChI=1S/C18H29N3O2/c1-17(13-19)7-5-10-21(14-17)16(22)20-15-6-11-23-18(12-15)8-3-2-4-9-18/h15H,2-12,14H2,1H3,(H,20,22). The van der Waals surface area contributed by atoms with Crippen molar-refractivity contribution >= 4 is 6.03 Å². The van der Waals surface area contributed by atoms with Gasteiger partial charge in [-0.15, -0.1) is 0 Å². The third-order valence-corrected chi connectivity index (χ3v) is 5.84. The molecular weight excluding hydrogens is 290 g/mol. The highest BCUT2D eigenvalue weighted by molar-refractivity contribution is 5.74. The van der Waals surface area contributed by atoms with Gasteiger partial charge in [0.15, 0.2) is 0 Å². The molecule has 0 aromatic rings. The van der Waals surface area contributed by atoms with Gasteiger partial charge < -0.3 is 15.0 Å². The molecule has 0 radical (unpaired) electrons. The second-order valence-electron chi connectivity index (χ2n) is 7.93. The van der Waals surface area contributed by atoms with Crippen LogP contribution in [0, 0.1) is 16.7 Å². The van der Waals surface area contributed by atoms with Crippen molar-refractivity contribution < 1.29 is 9.53 Å². The Labute approximate surface area is 139 Å². The van der Waals surface area contributed by atoms with E-state index >= 15 is 0 Å². The third kappa shape index (κ3) is 3.80. The summed E-state index contributed by atoms with van der Waals surface area (Å²) in [5.41, 5.74) is -0.382. The molecule has 1 spiro atoms. The van der Waals surface area contributed by atoms with Crippen molar-refractivity contribution in [3.05, 3.63) is 0 Å². The third-order valence-electron chi connectivity index (χ3n) is 5.84. The first kappa shape index (κ1) is 16.6. The van der Waals surface area contributed by atoms with Crippen LogP contribution in [0.1, 0.15) is 64.7 Å². The van der Waals surface area contributed by atoms with Crippen LogP contribution in [-0.2, 0) is 4.74 Å². The Balaban J connectivity index is 1.56. The minimum atomic E-state index is -0.393. The smallest absolute Gasteiger partial charge is 0.317 e. The molecule has 5 heteroatoms. The molecule has 23 heavy (non-hydrogen) atoms. The molecule has 2 saturated heterocycles. The van der Waals surface area contributed by atoms with E-state index in [1.807, 2.05) is 11.8 Å². The summed E-state index contributed by atoms with van der Waals surface area (Å²) in [7, 11) is 0. The maximum atomic E-state index is 12.6. The van der Waals surface area contributed by atoms with Crippen molar-refractivity contribution in [2.45, 2.75) is 76.4 Å². The number of ether oxygens (including phenoxy) is 1. The van der Waals surface area contributed by atoms with Crippen LogP contribution in [0.2, 0.25) is 0 Å². The molecule has 2 unspecified atom stereocenters. The highest BCUT2D eigenvalue weighted by Crippen LogP contribution is 2.38. The molecule has 1 aliphatic carbocycles. The van der Waals surface area contributed by atoms with Gasteiger partial charge in [0.05, 0.1) is 17.1 Å². The lowest BCUT2D eigenvalue weighted by Crippen LogP contribution is -2.54. The normalized spacial score (nSPS) is 33.9. The maximum Gasteiger partial charge on any atom is 0.317 e. The van der Waals surface area contributed by atoms with Crippen LogP contribution in [0.25, 0.3) is 0 Å². The molecule has 2 atom stereocenters. The number of rotatable bonds is 1. The zero-order valence-electron chi connectivity index (χ0n) is 14.3. The van der Waals surface area contributed by atoms with Gasteiger partial charge in [-0.05, 0) is 45.4 Å². The van der Waals surface area contributed by atoms with E-state index in [0.717, 1.165) is 51.7 Å². The fourth-order valence-electron chi connectivity index (χ4n) is 4.47. The van der Waals surface area contributed by atoms with Crippen molar-refractivity contribution in [3.63, 3.8) is 0 Å².